The van der Waals surface area contributed by atoms with Crippen LogP contribution >= 0.6 is 0 Å². The first-order chi connectivity index (χ1) is 9.91. The number of aliphatic hydroxyl groups is 1. The van der Waals surface area contributed by atoms with E-state index in [9.17, 15) is 9.90 Å². The summed E-state index contributed by atoms with van der Waals surface area (Å²) in [6.07, 6.45) is 1.92. The molecule has 3 atom stereocenters. The molecule has 2 fully saturated rings. The maximum atomic E-state index is 13.0. The number of aliphatic hydroxyl groups excluding tert-OH is 1. The van der Waals surface area contributed by atoms with Crippen molar-refractivity contribution in [2.24, 2.45) is 17.1 Å². The number of hydrogen-bond acceptors (Lipinski definition) is 5. The van der Waals surface area contributed by atoms with Gasteiger partial charge in [0.1, 0.15) is 5.54 Å². The summed E-state index contributed by atoms with van der Waals surface area (Å²) in [5.74, 6) is -0.0252. The Kier molecular flexibility index (Phi) is 4.92. The molecule has 0 bridgehead atoms. The number of carbonyl (C=O) groups is 1. The first-order valence-corrected chi connectivity index (χ1v) is 7.71. The number of carbonyl (C=O) groups excluding carboxylic acids is 1. The third-order valence-electron chi connectivity index (χ3n) is 5.26. The zero-order valence-corrected chi connectivity index (χ0v) is 13.3. The van der Waals surface area contributed by atoms with Crippen LogP contribution in [0, 0.1) is 11.3 Å². The minimum absolute atomic E-state index is 0.0543. The van der Waals surface area contributed by atoms with E-state index in [2.05, 4.69) is 0 Å². The van der Waals surface area contributed by atoms with E-state index in [-0.39, 0.29) is 31.1 Å². The Labute approximate surface area is 126 Å². The van der Waals surface area contributed by atoms with Crippen LogP contribution in [0.4, 0.5) is 0 Å². The van der Waals surface area contributed by atoms with Crippen molar-refractivity contribution in [1.29, 1.82) is 0 Å². The first kappa shape index (κ1) is 16.7. The monoisotopic (exact) mass is 300 g/mol. The summed E-state index contributed by atoms with van der Waals surface area (Å²) in [7, 11) is 1.60. The number of nitrogens with two attached hydrogens (primary N) is 1. The van der Waals surface area contributed by atoms with Crippen LogP contribution in [-0.2, 0) is 14.3 Å². The van der Waals surface area contributed by atoms with E-state index in [1.807, 2.05) is 13.8 Å². The predicted octanol–water partition coefficient (Wildman–Crippen LogP) is -0.0138. The van der Waals surface area contributed by atoms with Crippen LogP contribution in [0.3, 0.4) is 0 Å². The molecule has 1 aliphatic heterocycles. The zero-order valence-electron chi connectivity index (χ0n) is 13.3. The van der Waals surface area contributed by atoms with E-state index in [0.29, 0.717) is 13.2 Å². The highest BCUT2D eigenvalue weighted by atomic mass is 16.5. The minimum Gasteiger partial charge on any atom is -0.395 e. The van der Waals surface area contributed by atoms with E-state index >= 15 is 0 Å². The van der Waals surface area contributed by atoms with Gasteiger partial charge in [0.15, 0.2) is 0 Å². The molecule has 0 radical (unpaired) electrons. The highest BCUT2D eigenvalue weighted by Crippen LogP contribution is 2.57. The Morgan fingerprint density at radius 3 is 2.81 bits per heavy atom. The van der Waals surface area contributed by atoms with Crippen LogP contribution in [0.5, 0.6) is 0 Å². The second kappa shape index (κ2) is 6.20. The fourth-order valence-electron chi connectivity index (χ4n) is 3.91. The highest BCUT2D eigenvalue weighted by Gasteiger charge is 2.70. The van der Waals surface area contributed by atoms with Gasteiger partial charge in [-0.1, -0.05) is 13.8 Å². The third kappa shape index (κ3) is 2.48. The van der Waals surface area contributed by atoms with Crippen LogP contribution in [-0.4, -0.2) is 67.6 Å². The first-order valence-electron chi connectivity index (χ1n) is 7.71. The van der Waals surface area contributed by atoms with Gasteiger partial charge in [-0.3, -0.25) is 4.79 Å². The molecule has 0 spiro atoms. The van der Waals surface area contributed by atoms with Gasteiger partial charge in [0.2, 0.25) is 5.91 Å². The van der Waals surface area contributed by atoms with Crippen molar-refractivity contribution in [3.8, 4) is 0 Å². The molecule has 6 nitrogen and oxygen atoms in total. The molecule has 6 heteroatoms. The molecule has 2 rings (SSSR count). The van der Waals surface area contributed by atoms with Gasteiger partial charge in [0, 0.05) is 38.1 Å². The maximum absolute atomic E-state index is 13.0. The van der Waals surface area contributed by atoms with Crippen LogP contribution < -0.4 is 5.73 Å². The van der Waals surface area contributed by atoms with Gasteiger partial charge in [-0.2, -0.15) is 0 Å². The van der Waals surface area contributed by atoms with Gasteiger partial charge in [0.05, 0.1) is 19.3 Å². The third-order valence-corrected chi connectivity index (χ3v) is 5.26. The fourth-order valence-corrected chi connectivity index (χ4v) is 3.91. The van der Waals surface area contributed by atoms with Crippen LogP contribution in [0.25, 0.3) is 0 Å². The molecule has 122 valence electrons. The van der Waals surface area contributed by atoms with Gasteiger partial charge in [0.25, 0.3) is 0 Å². The Morgan fingerprint density at radius 1 is 1.48 bits per heavy atom. The lowest BCUT2D eigenvalue weighted by Gasteiger charge is -2.65. The standard InChI is InChI=1S/C15H28N2O4/c1-14(2)12-11(5-4-9-21-12)15(14,16)13(19)17(6-8-18)7-10-20-3/h11-12,18H,4-10,16H2,1-3H3. The van der Waals surface area contributed by atoms with E-state index in [1.54, 1.807) is 12.0 Å². The number of amides is 1. The van der Waals surface area contributed by atoms with Gasteiger partial charge in [-0.05, 0) is 12.8 Å². The lowest BCUT2D eigenvalue weighted by Crippen LogP contribution is -2.82. The molecule has 3 unspecified atom stereocenters. The van der Waals surface area contributed by atoms with Crippen molar-refractivity contribution < 1.29 is 19.4 Å². The average Bonchev–Trinajstić information content (AvgIpc) is 2.49. The topological polar surface area (TPSA) is 85.0 Å². The van der Waals surface area contributed by atoms with Crippen molar-refractivity contribution in [3.63, 3.8) is 0 Å². The molecule has 0 aromatic rings. The Morgan fingerprint density at radius 2 is 2.19 bits per heavy atom. The number of fused-ring (bicyclic) bond motifs is 1. The van der Waals surface area contributed by atoms with Crippen molar-refractivity contribution in [2.75, 3.05) is 40.0 Å². The van der Waals surface area contributed by atoms with Crippen LogP contribution in [0.2, 0.25) is 0 Å². The molecule has 3 N–H and O–H groups in total. The summed E-state index contributed by atoms with van der Waals surface area (Å²) in [6.45, 7) is 5.86. The number of methoxy groups -OCH3 is 1. The normalized spacial score (nSPS) is 34.0. The zero-order chi connectivity index (χ0) is 15.7. The van der Waals surface area contributed by atoms with Crippen molar-refractivity contribution in [2.45, 2.75) is 38.3 Å². The van der Waals surface area contributed by atoms with Crippen molar-refractivity contribution in [3.05, 3.63) is 0 Å². The summed E-state index contributed by atoms with van der Waals surface area (Å²) in [5.41, 5.74) is 5.28. The minimum atomic E-state index is -0.916. The van der Waals surface area contributed by atoms with Gasteiger partial charge in [-0.15, -0.1) is 0 Å². The lowest BCUT2D eigenvalue weighted by molar-refractivity contribution is -0.230. The Hall–Kier alpha value is -0.690. The van der Waals surface area contributed by atoms with Crippen LogP contribution in [0.1, 0.15) is 26.7 Å². The van der Waals surface area contributed by atoms with E-state index < -0.39 is 11.0 Å². The SMILES string of the molecule is COCCN(CCO)C(=O)C1(N)C2CCCOC2C1(C)C. The smallest absolute Gasteiger partial charge is 0.243 e. The molecular weight excluding hydrogens is 272 g/mol. The Bertz CT molecular complexity index is 388. The summed E-state index contributed by atoms with van der Waals surface area (Å²) in [5, 5.41) is 9.20. The molecule has 1 saturated heterocycles. The van der Waals surface area contributed by atoms with Crippen molar-refractivity contribution in [1.82, 2.24) is 4.90 Å². The number of hydrogen-bond donors (Lipinski definition) is 2. The molecule has 1 aliphatic carbocycles. The second-order valence-electron chi connectivity index (χ2n) is 6.64. The number of rotatable bonds is 6. The fraction of sp³-hybridized carbons (Fsp3) is 0.933. The van der Waals surface area contributed by atoms with E-state index in [1.165, 1.54) is 0 Å². The van der Waals surface area contributed by atoms with Gasteiger partial charge in [-0.25, -0.2) is 0 Å². The molecule has 2 aliphatic rings. The van der Waals surface area contributed by atoms with Crippen LogP contribution in [0.15, 0.2) is 0 Å². The Balaban J connectivity index is 2.18. The molecule has 1 amide bonds. The molecule has 1 heterocycles. The molecule has 0 aromatic carbocycles. The molecule has 1 saturated carbocycles. The maximum Gasteiger partial charge on any atom is 0.243 e. The quantitative estimate of drug-likeness (QED) is 0.720. The average molecular weight is 300 g/mol. The summed E-state index contributed by atoms with van der Waals surface area (Å²) in [6, 6.07) is 0. The number of nitrogens with zero attached hydrogens (tertiary/aromatic N) is 1. The number of ether oxygens (including phenoxy) is 2. The van der Waals surface area contributed by atoms with E-state index in [0.717, 1.165) is 19.4 Å². The van der Waals surface area contributed by atoms with Gasteiger partial charge < -0.3 is 25.2 Å². The highest BCUT2D eigenvalue weighted by molar-refractivity contribution is 5.89. The molecule has 21 heavy (non-hydrogen) atoms. The largest absolute Gasteiger partial charge is 0.395 e. The summed E-state index contributed by atoms with van der Waals surface area (Å²) in [4.78, 5) is 14.6. The second-order valence-corrected chi connectivity index (χ2v) is 6.64. The van der Waals surface area contributed by atoms with Crippen molar-refractivity contribution >= 4 is 5.91 Å². The van der Waals surface area contributed by atoms with Gasteiger partial charge >= 0.3 is 0 Å². The predicted molar refractivity (Wildman–Crippen MR) is 78.7 cm³/mol. The molecule has 0 aromatic heterocycles. The summed E-state index contributed by atoms with van der Waals surface area (Å²) >= 11 is 0. The lowest BCUT2D eigenvalue weighted by atomic mass is 9.46. The van der Waals surface area contributed by atoms with E-state index in [4.69, 9.17) is 15.2 Å². The molecular formula is C15H28N2O4. The summed E-state index contributed by atoms with van der Waals surface area (Å²) < 4.78 is 10.9.